The van der Waals surface area contributed by atoms with E-state index >= 15 is 0 Å². The summed E-state index contributed by atoms with van der Waals surface area (Å²) in [5.41, 5.74) is 11.7. The first-order valence-corrected chi connectivity index (χ1v) is 10.0. The summed E-state index contributed by atoms with van der Waals surface area (Å²) in [5.74, 6) is -0.0179. The molecule has 0 saturated carbocycles. The van der Waals surface area contributed by atoms with Gasteiger partial charge in [0.05, 0.1) is 17.1 Å². The van der Waals surface area contributed by atoms with E-state index in [1.807, 2.05) is 33.3 Å². The average molecular weight is 420 g/mol. The third-order valence-electron chi connectivity index (χ3n) is 5.24. The van der Waals surface area contributed by atoms with Gasteiger partial charge in [0.1, 0.15) is 5.82 Å². The highest BCUT2D eigenvalue weighted by Crippen LogP contribution is 2.28. The molecule has 0 saturated heterocycles. The van der Waals surface area contributed by atoms with E-state index in [9.17, 15) is 9.18 Å². The van der Waals surface area contributed by atoms with Gasteiger partial charge in [-0.25, -0.2) is 14.2 Å². The number of aromatic nitrogens is 2. The van der Waals surface area contributed by atoms with Crippen molar-refractivity contribution in [3.8, 4) is 11.3 Å². The van der Waals surface area contributed by atoms with Gasteiger partial charge in [0.25, 0.3) is 0 Å². The SMILES string of the molecule is Cc1cc(F)ccc1-c1ccc(N)c(NC(=O)N2Cc3cnc(CN(C)C)cc3C2)n1. The number of hydrogen-bond acceptors (Lipinski definition) is 5. The standard InChI is InChI=1S/C23H25FN6O/c1-14-8-17(24)4-5-19(14)21-7-6-20(25)22(27-21)28-23(31)30-11-15-9-18(13-29(2)3)26-10-16(15)12-30/h4-10H,11-13,25H2,1-3H3,(H,27,28,31). The molecule has 8 heteroatoms. The van der Waals surface area contributed by atoms with E-state index in [2.05, 4.69) is 20.2 Å². The number of amides is 2. The van der Waals surface area contributed by atoms with Crippen molar-refractivity contribution in [3.05, 3.63) is 70.8 Å². The fraction of sp³-hybridized carbons (Fsp3) is 0.261. The largest absolute Gasteiger partial charge is 0.396 e. The minimum Gasteiger partial charge on any atom is -0.396 e. The van der Waals surface area contributed by atoms with Crippen molar-refractivity contribution in [2.24, 2.45) is 0 Å². The highest BCUT2D eigenvalue weighted by Gasteiger charge is 2.25. The Morgan fingerprint density at radius 2 is 1.97 bits per heavy atom. The van der Waals surface area contributed by atoms with E-state index in [-0.39, 0.29) is 17.7 Å². The van der Waals surface area contributed by atoms with Gasteiger partial charge in [0.15, 0.2) is 5.82 Å². The van der Waals surface area contributed by atoms with Gasteiger partial charge in [-0.2, -0.15) is 0 Å². The summed E-state index contributed by atoms with van der Waals surface area (Å²) >= 11 is 0. The smallest absolute Gasteiger partial charge is 0.323 e. The number of rotatable bonds is 4. The predicted molar refractivity (Wildman–Crippen MR) is 119 cm³/mol. The molecule has 0 radical (unpaired) electrons. The number of halogens is 1. The Labute approximate surface area is 180 Å². The minimum atomic E-state index is -0.304. The third-order valence-corrected chi connectivity index (χ3v) is 5.24. The molecular weight excluding hydrogens is 395 g/mol. The number of pyridine rings is 2. The molecule has 0 atom stereocenters. The van der Waals surface area contributed by atoms with Crippen molar-refractivity contribution in [1.29, 1.82) is 0 Å². The molecule has 2 aromatic heterocycles. The molecule has 1 aromatic carbocycles. The molecule has 1 aliphatic heterocycles. The van der Waals surface area contributed by atoms with Gasteiger partial charge < -0.3 is 15.5 Å². The quantitative estimate of drug-likeness (QED) is 0.671. The summed E-state index contributed by atoms with van der Waals surface area (Å²) in [4.78, 5) is 25.6. The summed E-state index contributed by atoms with van der Waals surface area (Å²) in [6.07, 6.45) is 1.84. The lowest BCUT2D eigenvalue weighted by Gasteiger charge is -2.17. The van der Waals surface area contributed by atoms with Crippen LogP contribution in [-0.2, 0) is 19.6 Å². The molecule has 3 heterocycles. The molecule has 0 unspecified atom stereocenters. The molecule has 1 aliphatic rings. The monoisotopic (exact) mass is 420 g/mol. The number of benzene rings is 1. The van der Waals surface area contributed by atoms with Crippen molar-refractivity contribution in [1.82, 2.24) is 19.8 Å². The van der Waals surface area contributed by atoms with Gasteiger partial charge in [0.2, 0.25) is 0 Å². The van der Waals surface area contributed by atoms with E-state index in [1.54, 1.807) is 23.1 Å². The van der Waals surface area contributed by atoms with Crippen LogP contribution in [0.15, 0.2) is 42.6 Å². The minimum absolute atomic E-state index is 0.280. The molecule has 7 nitrogen and oxygen atoms in total. The lowest BCUT2D eigenvalue weighted by atomic mass is 10.0. The number of hydrogen-bond donors (Lipinski definition) is 2. The Bertz CT molecular complexity index is 1150. The zero-order chi connectivity index (χ0) is 22.1. The van der Waals surface area contributed by atoms with Crippen molar-refractivity contribution in [2.75, 3.05) is 25.1 Å². The maximum absolute atomic E-state index is 13.4. The van der Waals surface area contributed by atoms with Crippen LogP contribution in [0.2, 0.25) is 0 Å². The zero-order valence-corrected chi connectivity index (χ0v) is 17.8. The number of nitrogens with zero attached hydrogens (tertiary/aromatic N) is 4. The van der Waals surface area contributed by atoms with Crippen LogP contribution in [0.5, 0.6) is 0 Å². The molecule has 0 spiro atoms. The van der Waals surface area contributed by atoms with Gasteiger partial charge in [-0.15, -0.1) is 0 Å². The fourth-order valence-electron chi connectivity index (χ4n) is 3.70. The van der Waals surface area contributed by atoms with Crippen LogP contribution in [0.25, 0.3) is 11.3 Å². The summed E-state index contributed by atoms with van der Waals surface area (Å²) in [6, 6.07) is 9.73. The van der Waals surface area contributed by atoms with Crippen LogP contribution in [0.1, 0.15) is 22.4 Å². The van der Waals surface area contributed by atoms with Crippen molar-refractivity contribution in [3.63, 3.8) is 0 Å². The van der Waals surface area contributed by atoms with E-state index < -0.39 is 0 Å². The molecule has 4 rings (SSSR count). The molecule has 31 heavy (non-hydrogen) atoms. The average Bonchev–Trinajstić information content (AvgIpc) is 3.13. The van der Waals surface area contributed by atoms with Crippen LogP contribution in [-0.4, -0.2) is 39.9 Å². The summed E-state index contributed by atoms with van der Waals surface area (Å²) < 4.78 is 13.4. The molecule has 2 amide bonds. The Morgan fingerprint density at radius 1 is 1.19 bits per heavy atom. The first-order chi connectivity index (χ1) is 14.8. The second-order valence-corrected chi connectivity index (χ2v) is 8.06. The lowest BCUT2D eigenvalue weighted by molar-refractivity contribution is 0.212. The van der Waals surface area contributed by atoms with Crippen molar-refractivity contribution in [2.45, 2.75) is 26.6 Å². The Hall–Kier alpha value is -3.52. The van der Waals surface area contributed by atoms with E-state index in [0.717, 1.165) is 34.5 Å². The first kappa shape index (κ1) is 20.7. The number of nitrogens with two attached hydrogens (primary N) is 1. The normalized spacial score (nSPS) is 12.9. The maximum Gasteiger partial charge on any atom is 0.323 e. The van der Waals surface area contributed by atoms with E-state index in [1.165, 1.54) is 12.1 Å². The summed E-state index contributed by atoms with van der Waals surface area (Å²) in [5, 5.41) is 2.82. The second-order valence-electron chi connectivity index (χ2n) is 8.06. The van der Waals surface area contributed by atoms with E-state index in [4.69, 9.17) is 5.73 Å². The van der Waals surface area contributed by atoms with Crippen LogP contribution < -0.4 is 11.1 Å². The number of aryl methyl sites for hydroxylation is 1. The predicted octanol–water partition coefficient (Wildman–Crippen LogP) is 3.78. The zero-order valence-electron chi connectivity index (χ0n) is 17.8. The van der Waals surface area contributed by atoms with Gasteiger partial charge in [-0.3, -0.25) is 10.3 Å². The molecule has 3 N–H and O–H groups in total. The number of nitrogens with one attached hydrogen (secondary N) is 1. The van der Waals surface area contributed by atoms with Crippen molar-refractivity contribution < 1.29 is 9.18 Å². The number of fused-ring (bicyclic) bond motifs is 1. The number of nitrogen functional groups attached to an aromatic ring is 1. The topological polar surface area (TPSA) is 87.4 Å². The Morgan fingerprint density at radius 3 is 2.71 bits per heavy atom. The molecule has 0 aliphatic carbocycles. The molecule has 160 valence electrons. The fourth-order valence-corrected chi connectivity index (χ4v) is 3.70. The second kappa shape index (κ2) is 8.31. The summed E-state index contributed by atoms with van der Waals surface area (Å²) in [6.45, 7) is 3.54. The van der Waals surface area contributed by atoms with Gasteiger partial charge >= 0.3 is 6.03 Å². The molecular formula is C23H25FN6O. The lowest BCUT2D eigenvalue weighted by Crippen LogP contribution is -2.30. The maximum atomic E-state index is 13.4. The highest BCUT2D eigenvalue weighted by molar-refractivity contribution is 5.92. The first-order valence-electron chi connectivity index (χ1n) is 10.0. The highest BCUT2D eigenvalue weighted by atomic mass is 19.1. The van der Waals surface area contributed by atoms with Crippen molar-refractivity contribution >= 4 is 17.5 Å². The number of urea groups is 1. The number of anilines is 2. The van der Waals surface area contributed by atoms with Crippen LogP contribution in [0.3, 0.4) is 0 Å². The number of carbonyl (C=O) groups is 1. The van der Waals surface area contributed by atoms with Gasteiger partial charge in [0, 0.05) is 31.4 Å². The Kier molecular flexibility index (Phi) is 5.56. The number of carbonyl (C=O) groups excluding carboxylic acids is 1. The van der Waals surface area contributed by atoms with Gasteiger partial charge in [-0.1, -0.05) is 0 Å². The van der Waals surface area contributed by atoms with Crippen LogP contribution in [0.4, 0.5) is 20.7 Å². The Balaban J connectivity index is 1.51. The van der Waals surface area contributed by atoms with E-state index in [0.29, 0.717) is 24.5 Å². The third kappa shape index (κ3) is 4.49. The molecule has 0 fully saturated rings. The van der Waals surface area contributed by atoms with Crippen LogP contribution >= 0.6 is 0 Å². The van der Waals surface area contributed by atoms with Gasteiger partial charge in [-0.05, 0) is 74.1 Å². The molecule has 0 bridgehead atoms. The molecule has 3 aromatic rings. The summed E-state index contributed by atoms with van der Waals surface area (Å²) in [7, 11) is 3.99. The van der Waals surface area contributed by atoms with Crippen LogP contribution in [0, 0.1) is 12.7 Å².